The van der Waals surface area contributed by atoms with Crippen molar-refractivity contribution in [3.63, 3.8) is 0 Å². The van der Waals surface area contributed by atoms with Gasteiger partial charge in [0.1, 0.15) is 0 Å². The van der Waals surface area contributed by atoms with Crippen LogP contribution in [0, 0.1) is 0 Å². The minimum absolute atomic E-state index is 0.0411. The van der Waals surface area contributed by atoms with Gasteiger partial charge in [-0.25, -0.2) is 8.42 Å². The Morgan fingerprint density at radius 1 is 1.12 bits per heavy atom. The molecule has 2 aromatic carbocycles. The van der Waals surface area contributed by atoms with E-state index in [0.29, 0.717) is 17.5 Å². The summed E-state index contributed by atoms with van der Waals surface area (Å²) in [5.74, 6) is -0.164. The summed E-state index contributed by atoms with van der Waals surface area (Å²) >= 11 is 0. The van der Waals surface area contributed by atoms with E-state index in [1.807, 2.05) is 24.3 Å². The van der Waals surface area contributed by atoms with Gasteiger partial charge in [0, 0.05) is 19.7 Å². The Morgan fingerprint density at radius 3 is 2.64 bits per heavy atom. The van der Waals surface area contributed by atoms with Crippen molar-refractivity contribution < 1.29 is 13.2 Å². The Kier molecular flexibility index (Phi) is 4.95. The molecule has 0 saturated heterocycles. The van der Waals surface area contributed by atoms with Gasteiger partial charge in [0.25, 0.3) is 5.91 Å². The Hall–Kier alpha value is -2.14. The molecule has 1 aliphatic carbocycles. The zero-order chi connectivity index (χ0) is 18.0. The number of benzene rings is 2. The van der Waals surface area contributed by atoms with Crippen molar-refractivity contribution in [2.24, 2.45) is 0 Å². The summed E-state index contributed by atoms with van der Waals surface area (Å²) in [4.78, 5) is 13.6. The molecule has 3 rings (SSSR count). The van der Waals surface area contributed by atoms with Gasteiger partial charge in [-0.1, -0.05) is 36.4 Å². The largest absolute Gasteiger partial charge is 0.345 e. The highest BCUT2D eigenvalue weighted by atomic mass is 32.2. The standard InChI is InChI=1S/C20H23NO3S/c1-21(2)20(22)17-10-5-7-15(13-17)14-25(23,24)19-12-6-9-16-8-3-4-11-18(16)19/h3-5,7-8,10-11,13,19H,6,9,12,14H2,1-2H3/t19-/m1/s1. The van der Waals surface area contributed by atoms with Gasteiger partial charge in [-0.3, -0.25) is 4.79 Å². The molecule has 0 saturated carbocycles. The van der Waals surface area contributed by atoms with E-state index in [4.69, 9.17) is 0 Å². The van der Waals surface area contributed by atoms with E-state index in [-0.39, 0.29) is 11.7 Å². The van der Waals surface area contributed by atoms with Crippen LogP contribution < -0.4 is 0 Å². The molecular weight excluding hydrogens is 334 g/mol. The molecule has 5 heteroatoms. The Bertz CT molecular complexity index is 887. The zero-order valence-corrected chi connectivity index (χ0v) is 15.4. The maximum absolute atomic E-state index is 13.0. The van der Waals surface area contributed by atoms with E-state index >= 15 is 0 Å². The molecule has 0 heterocycles. The van der Waals surface area contributed by atoms with Gasteiger partial charge >= 0.3 is 0 Å². The SMILES string of the molecule is CN(C)C(=O)c1cccc(CS(=O)(=O)[C@@H]2CCCc3ccccc32)c1. The first-order valence-corrected chi connectivity index (χ1v) is 10.2. The van der Waals surface area contributed by atoms with Gasteiger partial charge in [-0.2, -0.15) is 0 Å². The highest BCUT2D eigenvalue weighted by molar-refractivity contribution is 7.90. The molecule has 0 fully saturated rings. The van der Waals surface area contributed by atoms with Crippen LogP contribution in [0.25, 0.3) is 0 Å². The Morgan fingerprint density at radius 2 is 1.88 bits per heavy atom. The number of carbonyl (C=O) groups is 1. The lowest BCUT2D eigenvalue weighted by molar-refractivity contribution is 0.0827. The van der Waals surface area contributed by atoms with Gasteiger partial charge in [-0.05, 0) is 48.1 Å². The van der Waals surface area contributed by atoms with Gasteiger partial charge in [0.15, 0.2) is 9.84 Å². The molecule has 4 nitrogen and oxygen atoms in total. The van der Waals surface area contributed by atoms with Crippen LogP contribution in [-0.2, 0) is 22.0 Å². The second kappa shape index (κ2) is 7.00. The van der Waals surface area contributed by atoms with Crippen LogP contribution in [0.2, 0.25) is 0 Å². The molecule has 1 aliphatic rings. The van der Waals surface area contributed by atoms with E-state index in [1.165, 1.54) is 4.90 Å². The van der Waals surface area contributed by atoms with Crippen molar-refractivity contribution in [2.45, 2.75) is 30.3 Å². The summed E-state index contributed by atoms with van der Waals surface area (Å²) in [5, 5.41) is -0.453. The molecular formula is C20H23NO3S. The maximum Gasteiger partial charge on any atom is 0.253 e. The van der Waals surface area contributed by atoms with E-state index in [0.717, 1.165) is 24.0 Å². The first-order chi connectivity index (χ1) is 11.9. The van der Waals surface area contributed by atoms with Crippen molar-refractivity contribution in [1.29, 1.82) is 0 Å². The number of sulfone groups is 1. The number of amides is 1. The topological polar surface area (TPSA) is 54.5 Å². The molecule has 0 unspecified atom stereocenters. The highest BCUT2D eigenvalue weighted by Crippen LogP contribution is 2.37. The Labute approximate surface area is 149 Å². The molecule has 0 spiro atoms. The maximum atomic E-state index is 13.0. The number of fused-ring (bicyclic) bond motifs is 1. The fraction of sp³-hybridized carbons (Fsp3) is 0.350. The van der Waals surface area contributed by atoms with Gasteiger partial charge in [0.05, 0.1) is 11.0 Å². The smallest absolute Gasteiger partial charge is 0.253 e. The van der Waals surface area contributed by atoms with Crippen molar-refractivity contribution >= 4 is 15.7 Å². The average Bonchev–Trinajstić information content (AvgIpc) is 2.60. The number of rotatable bonds is 4. The molecule has 1 amide bonds. The molecule has 2 aromatic rings. The summed E-state index contributed by atoms with van der Waals surface area (Å²) in [6.07, 6.45) is 2.49. The lowest BCUT2D eigenvalue weighted by atomic mass is 9.91. The van der Waals surface area contributed by atoms with Crippen molar-refractivity contribution in [2.75, 3.05) is 14.1 Å². The first kappa shape index (κ1) is 17.7. The van der Waals surface area contributed by atoms with Crippen LogP contribution in [0.3, 0.4) is 0 Å². The molecule has 1 atom stereocenters. The fourth-order valence-corrected chi connectivity index (χ4v) is 5.46. The van der Waals surface area contributed by atoms with Crippen LogP contribution in [-0.4, -0.2) is 33.3 Å². The summed E-state index contributed by atoms with van der Waals surface area (Å²) in [6.45, 7) is 0. The summed E-state index contributed by atoms with van der Waals surface area (Å²) in [7, 11) is 0.0330. The number of carbonyl (C=O) groups excluding carboxylic acids is 1. The molecule has 25 heavy (non-hydrogen) atoms. The number of hydrogen-bond donors (Lipinski definition) is 0. The fourth-order valence-electron chi connectivity index (χ4n) is 3.47. The van der Waals surface area contributed by atoms with E-state index in [2.05, 4.69) is 0 Å². The van der Waals surface area contributed by atoms with Crippen LogP contribution in [0.1, 0.15) is 45.1 Å². The van der Waals surface area contributed by atoms with Crippen LogP contribution >= 0.6 is 0 Å². The molecule has 0 N–H and O–H groups in total. The number of nitrogens with zero attached hydrogens (tertiary/aromatic N) is 1. The van der Waals surface area contributed by atoms with E-state index in [9.17, 15) is 13.2 Å². The summed E-state index contributed by atoms with van der Waals surface area (Å²) in [6, 6.07) is 14.8. The predicted octanol–water partition coefficient (Wildman–Crippen LogP) is 3.38. The van der Waals surface area contributed by atoms with Gasteiger partial charge < -0.3 is 4.90 Å². The summed E-state index contributed by atoms with van der Waals surface area (Å²) < 4.78 is 26.1. The third kappa shape index (κ3) is 3.76. The summed E-state index contributed by atoms with van der Waals surface area (Å²) in [5.41, 5.74) is 3.26. The monoisotopic (exact) mass is 357 g/mol. The van der Waals surface area contributed by atoms with Crippen LogP contribution in [0.5, 0.6) is 0 Å². The molecule has 0 bridgehead atoms. The highest BCUT2D eigenvalue weighted by Gasteiger charge is 2.31. The molecule has 132 valence electrons. The van der Waals surface area contributed by atoms with Gasteiger partial charge in [-0.15, -0.1) is 0 Å². The first-order valence-electron chi connectivity index (χ1n) is 8.48. The third-order valence-corrected chi connectivity index (χ3v) is 6.79. The minimum atomic E-state index is -3.34. The van der Waals surface area contributed by atoms with Crippen molar-refractivity contribution in [1.82, 2.24) is 4.90 Å². The predicted molar refractivity (Wildman–Crippen MR) is 99.2 cm³/mol. The van der Waals surface area contributed by atoms with Crippen LogP contribution in [0.15, 0.2) is 48.5 Å². The lowest BCUT2D eigenvalue weighted by Crippen LogP contribution is -2.22. The lowest BCUT2D eigenvalue weighted by Gasteiger charge is -2.25. The van der Waals surface area contributed by atoms with Crippen molar-refractivity contribution in [3.05, 3.63) is 70.8 Å². The van der Waals surface area contributed by atoms with Crippen LogP contribution in [0.4, 0.5) is 0 Å². The minimum Gasteiger partial charge on any atom is -0.345 e. The molecule has 0 aliphatic heterocycles. The normalized spacial score (nSPS) is 17.0. The second-order valence-corrected chi connectivity index (χ2v) is 8.97. The molecule has 0 aromatic heterocycles. The quantitative estimate of drug-likeness (QED) is 0.843. The van der Waals surface area contributed by atoms with E-state index < -0.39 is 15.1 Å². The Balaban J connectivity index is 1.88. The average molecular weight is 357 g/mol. The van der Waals surface area contributed by atoms with Gasteiger partial charge in [0.2, 0.25) is 0 Å². The van der Waals surface area contributed by atoms with E-state index in [1.54, 1.807) is 38.4 Å². The van der Waals surface area contributed by atoms with Crippen molar-refractivity contribution in [3.8, 4) is 0 Å². The number of aryl methyl sites for hydroxylation is 1. The second-order valence-electron chi connectivity index (χ2n) is 6.79. The number of hydrogen-bond acceptors (Lipinski definition) is 3. The molecule has 0 radical (unpaired) electrons. The zero-order valence-electron chi connectivity index (χ0n) is 14.6. The third-order valence-electron chi connectivity index (χ3n) is 4.70.